The number of carbonyl (C=O) groups excluding carboxylic acids is 2. The van der Waals surface area contributed by atoms with E-state index in [0.29, 0.717) is 11.3 Å². The molecule has 1 aromatic heterocycles. The summed E-state index contributed by atoms with van der Waals surface area (Å²) >= 11 is 0. The molecule has 9 heteroatoms. The van der Waals surface area contributed by atoms with Crippen molar-refractivity contribution in [3.63, 3.8) is 0 Å². The largest absolute Gasteiger partial charge is 0.451 e. The zero-order chi connectivity index (χ0) is 15.9. The summed E-state index contributed by atoms with van der Waals surface area (Å²) in [5.74, 6) is -1.18. The molecule has 2 rings (SSSR count). The number of rotatable bonds is 5. The number of para-hydroxylation sites is 1. The van der Waals surface area contributed by atoms with Gasteiger partial charge in [-0.15, -0.1) is 5.10 Å². The lowest BCUT2D eigenvalue weighted by atomic mass is 10.2. The van der Waals surface area contributed by atoms with E-state index in [-0.39, 0.29) is 6.54 Å². The topological polar surface area (TPSA) is 123 Å². The molecule has 2 aromatic rings. The highest BCUT2D eigenvalue weighted by atomic mass is 16.5. The summed E-state index contributed by atoms with van der Waals surface area (Å²) in [6.45, 7) is 1.24. The van der Waals surface area contributed by atoms with E-state index in [9.17, 15) is 9.59 Å². The molecule has 0 saturated carbocycles. The number of anilines is 1. The SMILES string of the molecule is C[C@H](OC(=O)Cn1cnnn1)C(=O)Nc1ccccc1C#N. The average Bonchev–Trinajstić information content (AvgIpc) is 3.00. The van der Waals surface area contributed by atoms with Gasteiger partial charge in [-0.05, 0) is 29.5 Å². The van der Waals surface area contributed by atoms with Crippen LogP contribution in [-0.4, -0.2) is 38.2 Å². The van der Waals surface area contributed by atoms with Gasteiger partial charge in [-0.2, -0.15) is 5.26 Å². The van der Waals surface area contributed by atoms with E-state index in [1.165, 1.54) is 17.9 Å². The lowest BCUT2D eigenvalue weighted by Crippen LogP contribution is -2.31. The lowest BCUT2D eigenvalue weighted by molar-refractivity contribution is -0.153. The second kappa shape index (κ2) is 6.94. The van der Waals surface area contributed by atoms with Gasteiger partial charge in [-0.1, -0.05) is 12.1 Å². The third-order valence-corrected chi connectivity index (χ3v) is 2.67. The maximum Gasteiger partial charge on any atom is 0.328 e. The molecule has 112 valence electrons. The fourth-order valence-corrected chi connectivity index (χ4v) is 1.60. The number of carbonyl (C=O) groups is 2. The summed E-state index contributed by atoms with van der Waals surface area (Å²) in [7, 11) is 0. The quantitative estimate of drug-likeness (QED) is 0.777. The Hall–Kier alpha value is -3.28. The van der Waals surface area contributed by atoms with Crippen LogP contribution in [0.4, 0.5) is 5.69 Å². The van der Waals surface area contributed by atoms with Crippen molar-refractivity contribution >= 4 is 17.6 Å². The van der Waals surface area contributed by atoms with Gasteiger partial charge in [0.25, 0.3) is 5.91 Å². The van der Waals surface area contributed by atoms with Crippen molar-refractivity contribution in [3.8, 4) is 6.07 Å². The van der Waals surface area contributed by atoms with Crippen molar-refractivity contribution in [1.29, 1.82) is 5.26 Å². The van der Waals surface area contributed by atoms with Gasteiger partial charge in [0, 0.05) is 0 Å². The van der Waals surface area contributed by atoms with Crippen LogP contribution in [0.1, 0.15) is 12.5 Å². The van der Waals surface area contributed by atoms with Gasteiger partial charge >= 0.3 is 5.97 Å². The van der Waals surface area contributed by atoms with Crippen molar-refractivity contribution in [2.24, 2.45) is 0 Å². The minimum atomic E-state index is -1.02. The normalized spacial score (nSPS) is 11.3. The minimum absolute atomic E-state index is 0.195. The molecule has 0 aliphatic rings. The first-order valence-corrected chi connectivity index (χ1v) is 6.30. The number of nitriles is 1. The number of nitrogens with zero attached hydrogens (tertiary/aromatic N) is 5. The van der Waals surface area contributed by atoms with Crippen LogP contribution in [0.3, 0.4) is 0 Å². The molecular formula is C13H12N6O3. The molecule has 1 N–H and O–H groups in total. The standard InChI is InChI=1S/C13H12N6O3/c1-9(22-12(20)7-19-8-15-17-18-19)13(21)16-11-5-3-2-4-10(11)6-14/h2-5,8-9H,7H2,1H3,(H,16,21)/t9-/m0/s1. The van der Waals surface area contributed by atoms with Crippen LogP contribution in [0.25, 0.3) is 0 Å². The molecule has 0 radical (unpaired) electrons. The Morgan fingerprint density at radius 1 is 1.45 bits per heavy atom. The average molecular weight is 300 g/mol. The van der Waals surface area contributed by atoms with Gasteiger partial charge in [-0.25, -0.2) is 4.68 Å². The number of esters is 1. The zero-order valence-corrected chi connectivity index (χ0v) is 11.6. The van der Waals surface area contributed by atoms with Crippen molar-refractivity contribution in [2.45, 2.75) is 19.6 Å². The monoisotopic (exact) mass is 300 g/mol. The maximum atomic E-state index is 12.0. The van der Waals surface area contributed by atoms with E-state index in [4.69, 9.17) is 10.00 Å². The molecule has 0 spiro atoms. The second-order valence-corrected chi connectivity index (χ2v) is 4.29. The fraction of sp³-hybridized carbons (Fsp3) is 0.231. The Bertz CT molecular complexity index is 707. The summed E-state index contributed by atoms with van der Waals surface area (Å²) < 4.78 is 6.16. The highest BCUT2D eigenvalue weighted by molar-refractivity contribution is 5.96. The number of nitrogens with one attached hydrogen (secondary N) is 1. The number of amides is 1. The van der Waals surface area contributed by atoms with Crippen LogP contribution in [0, 0.1) is 11.3 Å². The van der Waals surface area contributed by atoms with E-state index in [1.54, 1.807) is 24.3 Å². The number of tetrazole rings is 1. The third kappa shape index (κ3) is 3.86. The zero-order valence-electron chi connectivity index (χ0n) is 11.6. The smallest absolute Gasteiger partial charge is 0.328 e. The molecule has 9 nitrogen and oxygen atoms in total. The van der Waals surface area contributed by atoms with Crippen molar-refractivity contribution in [2.75, 3.05) is 5.32 Å². The highest BCUT2D eigenvalue weighted by Crippen LogP contribution is 2.14. The van der Waals surface area contributed by atoms with Crippen molar-refractivity contribution in [3.05, 3.63) is 36.2 Å². The van der Waals surface area contributed by atoms with E-state index in [1.807, 2.05) is 6.07 Å². The summed E-state index contributed by atoms with van der Waals surface area (Å²) in [5.41, 5.74) is 0.682. The molecule has 0 bridgehead atoms. The molecule has 22 heavy (non-hydrogen) atoms. The molecule has 1 heterocycles. The fourth-order valence-electron chi connectivity index (χ4n) is 1.60. The first kappa shape index (κ1) is 15.1. The molecular weight excluding hydrogens is 288 g/mol. The highest BCUT2D eigenvalue weighted by Gasteiger charge is 2.19. The molecule has 0 aliphatic carbocycles. The van der Waals surface area contributed by atoms with Gasteiger partial charge in [-0.3, -0.25) is 9.59 Å². The Kier molecular flexibility index (Phi) is 4.77. The Morgan fingerprint density at radius 3 is 2.91 bits per heavy atom. The van der Waals surface area contributed by atoms with Crippen LogP contribution in [0.5, 0.6) is 0 Å². The maximum absolute atomic E-state index is 12.0. The summed E-state index contributed by atoms with van der Waals surface area (Å²) in [6.07, 6.45) is 0.241. The molecule has 1 amide bonds. The van der Waals surface area contributed by atoms with Crippen molar-refractivity contribution in [1.82, 2.24) is 20.2 Å². The van der Waals surface area contributed by atoms with E-state index < -0.39 is 18.0 Å². The second-order valence-electron chi connectivity index (χ2n) is 4.29. The predicted molar refractivity (Wildman–Crippen MR) is 73.2 cm³/mol. The van der Waals surface area contributed by atoms with Gasteiger partial charge in [0.2, 0.25) is 0 Å². The van der Waals surface area contributed by atoms with Gasteiger partial charge in [0.05, 0.1) is 11.3 Å². The van der Waals surface area contributed by atoms with Crippen molar-refractivity contribution < 1.29 is 14.3 Å². The molecule has 0 fully saturated rings. The predicted octanol–water partition coefficient (Wildman–Crippen LogP) is 0.115. The summed E-state index contributed by atoms with van der Waals surface area (Å²) in [4.78, 5) is 23.6. The number of benzene rings is 1. The molecule has 1 atom stereocenters. The first-order chi connectivity index (χ1) is 10.6. The van der Waals surface area contributed by atoms with Crippen LogP contribution in [0.15, 0.2) is 30.6 Å². The Labute approximate surface area is 125 Å². The number of ether oxygens (including phenoxy) is 1. The Morgan fingerprint density at radius 2 is 2.23 bits per heavy atom. The van der Waals surface area contributed by atoms with Crippen LogP contribution in [0.2, 0.25) is 0 Å². The number of hydrogen-bond acceptors (Lipinski definition) is 7. The number of hydrogen-bond donors (Lipinski definition) is 1. The third-order valence-electron chi connectivity index (χ3n) is 2.67. The molecule has 0 saturated heterocycles. The van der Waals surface area contributed by atoms with E-state index in [2.05, 4.69) is 20.8 Å². The van der Waals surface area contributed by atoms with Crippen LogP contribution in [-0.2, 0) is 20.9 Å². The van der Waals surface area contributed by atoms with Gasteiger partial charge < -0.3 is 10.1 Å². The number of aromatic nitrogens is 4. The Balaban J connectivity index is 1.92. The first-order valence-electron chi connectivity index (χ1n) is 6.30. The minimum Gasteiger partial charge on any atom is -0.451 e. The lowest BCUT2D eigenvalue weighted by Gasteiger charge is -2.13. The molecule has 0 aliphatic heterocycles. The van der Waals surface area contributed by atoms with Gasteiger partial charge in [0.1, 0.15) is 18.9 Å². The van der Waals surface area contributed by atoms with E-state index >= 15 is 0 Å². The van der Waals surface area contributed by atoms with Crippen LogP contribution >= 0.6 is 0 Å². The van der Waals surface area contributed by atoms with Gasteiger partial charge in [0.15, 0.2) is 6.10 Å². The van der Waals surface area contributed by atoms with E-state index in [0.717, 1.165) is 0 Å². The van der Waals surface area contributed by atoms with Crippen LogP contribution < -0.4 is 5.32 Å². The molecule has 0 unspecified atom stereocenters. The molecule has 1 aromatic carbocycles. The summed E-state index contributed by atoms with van der Waals surface area (Å²) in [5, 5.41) is 21.8. The summed E-state index contributed by atoms with van der Waals surface area (Å²) in [6, 6.07) is 8.49.